The normalized spacial score (nSPS) is 19.5. The van der Waals surface area contributed by atoms with Gasteiger partial charge in [-0.25, -0.2) is 0 Å². The molecule has 2 aromatic carbocycles. The van der Waals surface area contributed by atoms with E-state index >= 15 is 0 Å². The minimum atomic E-state index is -0.0466. The molecule has 5 nitrogen and oxygen atoms in total. The first-order valence-electron chi connectivity index (χ1n) is 15.3. The molecule has 6 heteroatoms. The molecule has 0 N–H and O–H groups in total. The smallest absolute Gasteiger partial charge is 0.264 e. The van der Waals surface area contributed by atoms with Gasteiger partial charge in [0.05, 0.1) is 0 Å². The van der Waals surface area contributed by atoms with Crippen LogP contribution in [0.2, 0.25) is 0 Å². The molecule has 2 aliphatic rings. The van der Waals surface area contributed by atoms with Crippen LogP contribution in [-0.4, -0.2) is 19.4 Å². The summed E-state index contributed by atoms with van der Waals surface area (Å²) in [6.07, 6.45) is 8.80. The SMILES string of the molecule is CC(C)Cc1nc[c-]c2c1ccn1c3c(c(=O)nc21)C1CCC3(C)C1(C)C.[Ir].[c-]1ccccc1-c1nccc2ccccc12. The summed E-state index contributed by atoms with van der Waals surface area (Å²) < 4.78 is 2.18. The van der Waals surface area contributed by atoms with Crippen LogP contribution in [0.3, 0.4) is 0 Å². The molecule has 0 amide bonds. The zero-order valence-corrected chi connectivity index (χ0v) is 28.2. The molecule has 1 fully saturated rings. The molecular formula is C38H36IrN4O-2. The summed E-state index contributed by atoms with van der Waals surface area (Å²) in [6, 6.07) is 26.9. The van der Waals surface area contributed by atoms with Crippen LogP contribution >= 0.6 is 0 Å². The first-order valence-corrected chi connectivity index (χ1v) is 15.3. The van der Waals surface area contributed by atoms with Crippen molar-refractivity contribution in [1.82, 2.24) is 19.4 Å². The zero-order valence-electron chi connectivity index (χ0n) is 25.8. The Labute approximate surface area is 272 Å². The minimum absolute atomic E-state index is 0. The van der Waals surface area contributed by atoms with Crippen LogP contribution in [0.5, 0.6) is 0 Å². The topological polar surface area (TPSA) is 60.2 Å². The Morgan fingerprint density at radius 2 is 1.77 bits per heavy atom. The van der Waals surface area contributed by atoms with E-state index < -0.39 is 0 Å². The third-order valence-corrected chi connectivity index (χ3v) is 10.1. The van der Waals surface area contributed by atoms with E-state index in [1.807, 2.05) is 48.7 Å². The molecule has 1 radical (unpaired) electrons. The first kappa shape index (κ1) is 30.3. The van der Waals surface area contributed by atoms with Gasteiger partial charge < -0.3 is 9.38 Å². The van der Waals surface area contributed by atoms with Crippen molar-refractivity contribution >= 4 is 27.2 Å². The second-order valence-electron chi connectivity index (χ2n) is 13.2. The number of hydrogen-bond acceptors (Lipinski definition) is 4. The van der Waals surface area contributed by atoms with Gasteiger partial charge in [0.25, 0.3) is 5.56 Å². The molecule has 2 unspecified atom stereocenters. The molecule has 4 heterocycles. The van der Waals surface area contributed by atoms with E-state index in [0.29, 0.717) is 11.8 Å². The van der Waals surface area contributed by atoms with Crippen LogP contribution in [0.25, 0.3) is 38.4 Å². The minimum Gasteiger partial charge on any atom is -0.358 e. The van der Waals surface area contributed by atoms with Gasteiger partial charge in [0.15, 0.2) is 0 Å². The van der Waals surface area contributed by atoms with Crippen molar-refractivity contribution in [2.24, 2.45) is 11.3 Å². The van der Waals surface area contributed by atoms with Crippen molar-refractivity contribution in [2.75, 3.05) is 0 Å². The van der Waals surface area contributed by atoms with Gasteiger partial charge in [-0.3, -0.25) is 14.8 Å². The molecule has 44 heavy (non-hydrogen) atoms. The van der Waals surface area contributed by atoms with E-state index in [4.69, 9.17) is 0 Å². The maximum Gasteiger partial charge on any atom is 0.264 e. The zero-order chi connectivity index (χ0) is 29.9. The Kier molecular flexibility index (Phi) is 7.80. The largest absolute Gasteiger partial charge is 0.358 e. The molecule has 0 saturated heterocycles. The van der Waals surface area contributed by atoms with Crippen LogP contribution < -0.4 is 5.56 Å². The van der Waals surface area contributed by atoms with Gasteiger partial charge >= 0.3 is 0 Å². The van der Waals surface area contributed by atoms with E-state index in [2.05, 4.69) is 90.5 Å². The number of aromatic nitrogens is 4. The van der Waals surface area contributed by atoms with Crippen molar-refractivity contribution in [1.29, 1.82) is 0 Å². The number of hydrogen-bond donors (Lipinski definition) is 0. The monoisotopic (exact) mass is 757 g/mol. The Bertz CT molecular complexity index is 2060. The molecule has 2 bridgehead atoms. The summed E-state index contributed by atoms with van der Waals surface area (Å²) >= 11 is 0. The van der Waals surface area contributed by atoms with E-state index in [1.54, 1.807) is 6.20 Å². The van der Waals surface area contributed by atoms with Gasteiger partial charge in [-0.05, 0) is 77.1 Å². The maximum atomic E-state index is 13.1. The van der Waals surface area contributed by atoms with E-state index in [1.165, 1.54) is 16.5 Å². The molecule has 4 aromatic heterocycles. The van der Waals surface area contributed by atoms with E-state index in [-0.39, 0.29) is 36.5 Å². The molecule has 0 aliphatic heterocycles. The molecule has 225 valence electrons. The summed E-state index contributed by atoms with van der Waals surface area (Å²) in [5.74, 6) is 0.827. The van der Waals surface area contributed by atoms with Crippen LogP contribution in [0.4, 0.5) is 0 Å². The number of benzene rings is 2. The maximum absolute atomic E-state index is 13.1. The summed E-state index contributed by atoms with van der Waals surface area (Å²) in [5, 5.41) is 4.36. The average Bonchev–Trinajstić information content (AvgIpc) is 3.35. The Hall–Kier alpha value is -3.73. The van der Waals surface area contributed by atoms with Crippen molar-refractivity contribution in [3.63, 3.8) is 0 Å². The Morgan fingerprint density at radius 1 is 0.977 bits per heavy atom. The molecule has 2 atom stereocenters. The first-order chi connectivity index (χ1) is 20.7. The van der Waals surface area contributed by atoms with E-state index in [0.717, 1.165) is 58.2 Å². The van der Waals surface area contributed by atoms with Gasteiger partial charge in [-0.1, -0.05) is 65.0 Å². The Balaban J connectivity index is 0.000000173. The van der Waals surface area contributed by atoms with Crippen molar-refractivity contribution in [3.8, 4) is 11.3 Å². The number of nitrogens with zero attached hydrogens (tertiary/aromatic N) is 4. The summed E-state index contributed by atoms with van der Waals surface area (Å²) in [6.45, 7) is 11.3. The van der Waals surface area contributed by atoms with E-state index in [9.17, 15) is 4.79 Å². The van der Waals surface area contributed by atoms with Crippen LogP contribution in [0.1, 0.15) is 70.3 Å². The van der Waals surface area contributed by atoms with Crippen LogP contribution in [0, 0.1) is 23.5 Å². The number of fused-ring (bicyclic) bond motifs is 10. The predicted octanol–water partition coefficient (Wildman–Crippen LogP) is 8.12. The van der Waals surface area contributed by atoms with Gasteiger partial charge in [0, 0.05) is 48.6 Å². The van der Waals surface area contributed by atoms with Crippen molar-refractivity contribution < 1.29 is 20.1 Å². The third-order valence-electron chi connectivity index (χ3n) is 10.1. The van der Waals surface area contributed by atoms with Crippen LogP contribution in [-0.2, 0) is 31.9 Å². The third kappa shape index (κ3) is 4.62. The summed E-state index contributed by atoms with van der Waals surface area (Å²) in [7, 11) is 0. The fourth-order valence-corrected chi connectivity index (χ4v) is 7.58. The quantitative estimate of drug-likeness (QED) is 0.135. The molecule has 1 saturated carbocycles. The molecule has 2 aliphatic carbocycles. The predicted molar refractivity (Wildman–Crippen MR) is 173 cm³/mol. The molecular weight excluding hydrogens is 721 g/mol. The summed E-state index contributed by atoms with van der Waals surface area (Å²) in [4.78, 5) is 26.7. The fraction of sp³-hybridized carbons (Fsp3) is 0.316. The van der Waals surface area contributed by atoms with Crippen molar-refractivity contribution in [2.45, 2.75) is 65.2 Å². The van der Waals surface area contributed by atoms with Crippen molar-refractivity contribution in [3.05, 3.63) is 119 Å². The number of rotatable bonds is 3. The fourth-order valence-electron chi connectivity index (χ4n) is 7.58. The summed E-state index contributed by atoms with van der Waals surface area (Å²) in [5.41, 5.74) is 5.99. The second-order valence-corrected chi connectivity index (χ2v) is 13.2. The van der Waals surface area contributed by atoms with Gasteiger partial charge in [0.2, 0.25) is 0 Å². The van der Waals surface area contributed by atoms with Gasteiger partial charge in [-0.2, -0.15) is 6.07 Å². The average molecular weight is 757 g/mol. The van der Waals surface area contributed by atoms with Crippen LogP contribution in [0.15, 0.2) is 84.0 Å². The Morgan fingerprint density at radius 3 is 2.55 bits per heavy atom. The van der Waals surface area contributed by atoms with Gasteiger partial charge in [-0.15, -0.1) is 46.7 Å². The second kappa shape index (κ2) is 11.3. The van der Waals surface area contributed by atoms with Gasteiger partial charge in [0.1, 0.15) is 0 Å². The number of pyridine rings is 3. The molecule has 0 spiro atoms. The standard InChI is InChI=1S/C23H26N3O.C15H10N.Ir/c1-13(2)12-17-14-8-11-26-19-18(16-6-9-23(19,5)22(16,3)4)21(27)25-20(26)15(14)7-10-24-17;1-2-7-13(8-3-1)15-14-9-5-4-6-12(14)10-11-16-15;/h8,10-11,13,16H,6,9,12H2,1-5H3;1-7,9-11H;/q2*-1;. The molecule has 8 rings (SSSR count). The molecule has 6 aromatic rings.